The second-order valence-electron chi connectivity index (χ2n) is 4.94. The van der Waals surface area contributed by atoms with E-state index in [1.54, 1.807) is 23.0 Å². The van der Waals surface area contributed by atoms with E-state index < -0.39 is 0 Å². The molecule has 0 spiro atoms. The molecule has 1 aromatic carbocycles. The number of carbonyl (C=O) groups is 1. The molecule has 0 fully saturated rings. The number of nitrogens with one attached hydrogen (secondary N) is 1. The molecule has 1 N–H and O–H groups in total. The van der Waals surface area contributed by atoms with Crippen molar-refractivity contribution in [2.24, 2.45) is 0 Å². The van der Waals surface area contributed by atoms with E-state index in [4.69, 9.17) is 27.9 Å². The lowest BCUT2D eigenvalue weighted by molar-refractivity contribution is -0.116. The first-order valence-corrected chi connectivity index (χ1v) is 8.19. The lowest BCUT2D eigenvalue weighted by Crippen LogP contribution is -2.16. The number of aromatic nitrogens is 2. The Morgan fingerprint density at radius 1 is 1.35 bits per heavy atom. The summed E-state index contributed by atoms with van der Waals surface area (Å²) in [7, 11) is 0. The fourth-order valence-electron chi connectivity index (χ4n) is 2.08. The zero-order valence-corrected chi connectivity index (χ0v) is 14.4. The minimum Gasteiger partial charge on any atom is -0.382 e. The molecular weight excluding hydrogens is 337 g/mol. The molecule has 23 heavy (non-hydrogen) atoms. The van der Waals surface area contributed by atoms with Crippen molar-refractivity contribution >= 4 is 34.9 Å². The Bertz CT molecular complexity index is 659. The number of halogens is 2. The van der Waals surface area contributed by atoms with Gasteiger partial charge in [-0.1, -0.05) is 35.3 Å². The Morgan fingerprint density at radius 2 is 2.17 bits per heavy atom. The number of carbonyl (C=O) groups excluding carboxylic acids is 1. The van der Waals surface area contributed by atoms with Crippen molar-refractivity contribution in [2.75, 3.05) is 18.5 Å². The van der Waals surface area contributed by atoms with E-state index in [0.717, 1.165) is 5.56 Å². The molecule has 1 heterocycles. The van der Waals surface area contributed by atoms with Gasteiger partial charge in [0.05, 0.1) is 22.8 Å². The van der Waals surface area contributed by atoms with E-state index in [-0.39, 0.29) is 5.91 Å². The number of anilines is 1. The smallest absolute Gasteiger partial charge is 0.225 e. The van der Waals surface area contributed by atoms with Gasteiger partial charge >= 0.3 is 0 Å². The first kappa shape index (κ1) is 17.8. The zero-order chi connectivity index (χ0) is 16.7. The van der Waals surface area contributed by atoms with Crippen LogP contribution in [0.25, 0.3) is 0 Å². The number of hydrogen-bond donors (Lipinski definition) is 1. The molecule has 1 aromatic heterocycles. The molecule has 0 saturated heterocycles. The second-order valence-corrected chi connectivity index (χ2v) is 5.72. The Labute approximate surface area is 145 Å². The van der Waals surface area contributed by atoms with Crippen LogP contribution in [-0.2, 0) is 16.1 Å². The van der Waals surface area contributed by atoms with Gasteiger partial charge in [-0.05, 0) is 25.0 Å². The normalized spacial score (nSPS) is 10.7. The van der Waals surface area contributed by atoms with Gasteiger partial charge < -0.3 is 10.1 Å². The zero-order valence-electron chi connectivity index (χ0n) is 12.9. The van der Waals surface area contributed by atoms with Crippen LogP contribution < -0.4 is 5.32 Å². The van der Waals surface area contributed by atoms with Crippen LogP contribution in [0.1, 0.15) is 25.3 Å². The van der Waals surface area contributed by atoms with Crippen molar-refractivity contribution in [1.82, 2.24) is 9.78 Å². The quantitative estimate of drug-likeness (QED) is 0.728. The summed E-state index contributed by atoms with van der Waals surface area (Å²) in [6.07, 6.45) is 2.73. The van der Waals surface area contributed by atoms with Crippen LogP contribution in [0.5, 0.6) is 0 Å². The summed E-state index contributed by atoms with van der Waals surface area (Å²) in [6.45, 7) is 3.61. The number of amides is 1. The fraction of sp³-hybridized carbons (Fsp3) is 0.375. The first-order valence-electron chi connectivity index (χ1n) is 7.44. The average Bonchev–Trinajstić information content (AvgIpc) is 2.95. The van der Waals surface area contributed by atoms with E-state index in [1.165, 1.54) is 0 Å². The van der Waals surface area contributed by atoms with Crippen LogP contribution in [0.15, 0.2) is 30.5 Å². The molecule has 2 aromatic rings. The van der Waals surface area contributed by atoms with Crippen LogP contribution in [0.2, 0.25) is 10.0 Å². The molecular formula is C16H19Cl2N3O2. The van der Waals surface area contributed by atoms with Crippen LogP contribution in [0.3, 0.4) is 0 Å². The molecule has 0 aliphatic carbocycles. The van der Waals surface area contributed by atoms with Crippen molar-refractivity contribution in [3.63, 3.8) is 0 Å². The Hall–Kier alpha value is -1.56. The molecule has 0 saturated carbocycles. The van der Waals surface area contributed by atoms with Crippen LogP contribution >= 0.6 is 23.2 Å². The highest BCUT2D eigenvalue weighted by Gasteiger charge is 2.10. The maximum Gasteiger partial charge on any atom is 0.225 e. The summed E-state index contributed by atoms with van der Waals surface area (Å²) in [4.78, 5) is 11.9. The summed E-state index contributed by atoms with van der Waals surface area (Å²) in [5.41, 5.74) is 0.842. The van der Waals surface area contributed by atoms with Gasteiger partial charge in [0.15, 0.2) is 0 Å². The van der Waals surface area contributed by atoms with Gasteiger partial charge in [-0.3, -0.25) is 4.79 Å². The molecule has 0 unspecified atom stereocenters. The maximum atomic E-state index is 11.9. The lowest BCUT2D eigenvalue weighted by Gasteiger charge is -2.11. The van der Waals surface area contributed by atoms with Crippen molar-refractivity contribution in [2.45, 2.75) is 26.3 Å². The van der Waals surface area contributed by atoms with Gasteiger partial charge in [0.2, 0.25) is 5.91 Å². The number of hydrogen-bond acceptors (Lipinski definition) is 3. The molecule has 0 aliphatic rings. The van der Waals surface area contributed by atoms with Crippen LogP contribution in [-0.4, -0.2) is 28.9 Å². The predicted molar refractivity (Wildman–Crippen MR) is 92.1 cm³/mol. The monoisotopic (exact) mass is 355 g/mol. The second kappa shape index (κ2) is 8.91. The third-order valence-electron chi connectivity index (χ3n) is 3.23. The van der Waals surface area contributed by atoms with Gasteiger partial charge in [-0.25, -0.2) is 4.68 Å². The van der Waals surface area contributed by atoms with E-state index in [9.17, 15) is 4.79 Å². The third kappa shape index (κ3) is 5.23. The molecule has 2 rings (SSSR count). The molecule has 124 valence electrons. The van der Waals surface area contributed by atoms with Crippen molar-refractivity contribution in [3.8, 4) is 0 Å². The van der Waals surface area contributed by atoms with Gasteiger partial charge in [0.1, 0.15) is 5.82 Å². The van der Waals surface area contributed by atoms with Crippen LogP contribution in [0, 0.1) is 0 Å². The molecule has 7 heteroatoms. The molecule has 0 bridgehead atoms. The average molecular weight is 356 g/mol. The lowest BCUT2D eigenvalue weighted by atomic mass is 10.2. The standard InChI is InChI=1S/C16H19Cl2N3O2/c1-2-23-10-4-7-15(22)20-14-8-9-19-21(14)11-12-5-3-6-13(17)16(12)18/h3,5-6,8-9H,2,4,7,10-11H2,1H3,(H,20,22). The van der Waals surface area contributed by atoms with Gasteiger partial charge in [-0.15, -0.1) is 0 Å². The largest absolute Gasteiger partial charge is 0.382 e. The summed E-state index contributed by atoms with van der Waals surface area (Å²) < 4.78 is 6.90. The highest BCUT2D eigenvalue weighted by molar-refractivity contribution is 6.42. The van der Waals surface area contributed by atoms with Gasteiger partial charge in [0.25, 0.3) is 0 Å². The summed E-state index contributed by atoms with van der Waals surface area (Å²) in [5, 5.41) is 8.07. The topological polar surface area (TPSA) is 56.1 Å². The van der Waals surface area contributed by atoms with E-state index in [0.29, 0.717) is 48.5 Å². The number of ether oxygens (including phenoxy) is 1. The van der Waals surface area contributed by atoms with Crippen molar-refractivity contribution in [3.05, 3.63) is 46.1 Å². The SMILES string of the molecule is CCOCCCC(=O)Nc1ccnn1Cc1cccc(Cl)c1Cl. The van der Waals surface area contributed by atoms with Gasteiger partial charge in [-0.2, -0.15) is 5.10 Å². The van der Waals surface area contributed by atoms with Crippen molar-refractivity contribution in [1.29, 1.82) is 0 Å². The Balaban J connectivity index is 1.97. The highest BCUT2D eigenvalue weighted by Crippen LogP contribution is 2.26. The first-order chi connectivity index (χ1) is 11.1. The minimum absolute atomic E-state index is 0.0661. The number of nitrogens with zero attached hydrogens (tertiary/aromatic N) is 2. The Kier molecular flexibility index (Phi) is 6.89. The summed E-state index contributed by atoms with van der Waals surface area (Å²) in [5.74, 6) is 0.561. The summed E-state index contributed by atoms with van der Waals surface area (Å²) in [6, 6.07) is 7.19. The van der Waals surface area contributed by atoms with Gasteiger partial charge in [0, 0.05) is 25.7 Å². The maximum absolute atomic E-state index is 11.9. The summed E-state index contributed by atoms with van der Waals surface area (Å²) >= 11 is 12.2. The minimum atomic E-state index is -0.0661. The predicted octanol–water partition coefficient (Wildman–Crippen LogP) is 3.99. The molecule has 5 nitrogen and oxygen atoms in total. The molecule has 0 aliphatic heterocycles. The Morgan fingerprint density at radius 3 is 2.96 bits per heavy atom. The highest BCUT2D eigenvalue weighted by atomic mass is 35.5. The van der Waals surface area contributed by atoms with E-state index in [2.05, 4.69) is 10.4 Å². The number of benzene rings is 1. The number of rotatable bonds is 8. The van der Waals surface area contributed by atoms with Crippen molar-refractivity contribution < 1.29 is 9.53 Å². The van der Waals surface area contributed by atoms with E-state index >= 15 is 0 Å². The molecule has 0 atom stereocenters. The van der Waals surface area contributed by atoms with E-state index in [1.807, 2.05) is 19.1 Å². The van der Waals surface area contributed by atoms with Crippen LogP contribution in [0.4, 0.5) is 5.82 Å². The molecule has 1 amide bonds. The third-order valence-corrected chi connectivity index (χ3v) is 4.09. The molecule has 0 radical (unpaired) electrons. The fourth-order valence-corrected chi connectivity index (χ4v) is 2.46.